The maximum atomic E-state index is 13.7. The number of fused-ring (bicyclic) bond motifs is 2. The number of hydrogen-bond acceptors (Lipinski definition) is 7. The maximum Gasteiger partial charge on any atom is 0.248 e. The van der Waals surface area contributed by atoms with Gasteiger partial charge in [0.2, 0.25) is 5.91 Å². The first-order valence-electron chi connectivity index (χ1n) is 16.7. The number of unbranched alkanes of at least 4 members (excludes halogenated alkanes) is 6. The Hall–Kier alpha value is -2.97. The molecule has 0 fully saturated rings. The van der Waals surface area contributed by atoms with Crippen LogP contribution >= 0.6 is 0 Å². The molecule has 1 aliphatic rings. The van der Waals surface area contributed by atoms with Gasteiger partial charge in [-0.2, -0.15) is 0 Å². The first-order chi connectivity index (χ1) is 21.5. The van der Waals surface area contributed by atoms with Gasteiger partial charge in [0.25, 0.3) is 0 Å². The number of carbonyl (C=O) groups is 1. The van der Waals surface area contributed by atoms with Gasteiger partial charge in [-0.3, -0.25) is 4.79 Å². The summed E-state index contributed by atoms with van der Waals surface area (Å²) < 4.78 is 37.1. The van der Waals surface area contributed by atoms with Crippen molar-refractivity contribution in [3.63, 3.8) is 0 Å². The topological polar surface area (TPSA) is 75.7 Å². The fraction of sp³-hybridized carbons (Fsp3) is 0.639. The summed E-state index contributed by atoms with van der Waals surface area (Å²) in [6.07, 6.45) is 8.97. The van der Waals surface area contributed by atoms with Gasteiger partial charge in [0.15, 0.2) is 23.0 Å². The van der Waals surface area contributed by atoms with E-state index in [-0.39, 0.29) is 31.6 Å². The van der Waals surface area contributed by atoms with E-state index in [1.807, 2.05) is 53.4 Å². The molecule has 1 heterocycles. The molecule has 0 aliphatic carbocycles. The molecule has 8 nitrogen and oxygen atoms in total. The van der Waals surface area contributed by atoms with Crippen LogP contribution in [0.25, 0.3) is 0 Å². The Bertz CT molecular complexity index is 1010. The van der Waals surface area contributed by atoms with E-state index in [1.165, 1.54) is 25.7 Å². The van der Waals surface area contributed by atoms with E-state index >= 15 is 0 Å². The Kier molecular flexibility index (Phi) is 16.3. The molecule has 0 unspecified atom stereocenters. The Morgan fingerprint density at radius 1 is 0.705 bits per heavy atom. The van der Waals surface area contributed by atoms with Crippen LogP contribution in [0.4, 0.5) is 0 Å². The second-order valence-corrected chi connectivity index (χ2v) is 11.8. The van der Waals surface area contributed by atoms with Crippen molar-refractivity contribution in [2.24, 2.45) is 5.92 Å². The zero-order valence-electron chi connectivity index (χ0n) is 27.5. The molecular formula is C36H55NO7. The predicted octanol–water partition coefficient (Wildman–Crippen LogP) is 7.33. The summed E-state index contributed by atoms with van der Waals surface area (Å²) in [5, 5.41) is 0. The quantitative estimate of drug-likeness (QED) is 0.207. The molecule has 0 bridgehead atoms. The summed E-state index contributed by atoms with van der Waals surface area (Å²) in [6.45, 7) is 12.0. The van der Waals surface area contributed by atoms with E-state index in [9.17, 15) is 4.79 Å². The van der Waals surface area contributed by atoms with Crippen molar-refractivity contribution in [2.75, 3.05) is 59.3 Å². The number of ether oxygens (including phenoxy) is 6. The zero-order chi connectivity index (χ0) is 31.5. The van der Waals surface area contributed by atoms with Gasteiger partial charge in [-0.25, -0.2) is 0 Å². The molecule has 8 heteroatoms. The molecule has 0 saturated carbocycles. The van der Waals surface area contributed by atoms with Crippen LogP contribution in [-0.2, 0) is 14.3 Å². The minimum absolute atomic E-state index is 0.0117. The second kappa shape index (κ2) is 20.1. The SMILES string of the molecule is CCCCCCN(CCCCCC)C(=O)COC1(C(C)C)COc2ccccc2OCCOCCOc2ccccc2OC1. The first kappa shape index (κ1) is 35.5. The second-order valence-electron chi connectivity index (χ2n) is 11.8. The van der Waals surface area contributed by atoms with Crippen molar-refractivity contribution in [1.82, 2.24) is 4.90 Å². The number of amides is 1. The third-order valence-corrected chi connectivity index (χ3v) is 8.06. The zero-order valence-corrected chi connectivity index (χ0v) is 27.5. The minimum atomic E-state index is -0.924. The average molecular weight is 614 g/mol. The molecule has 0 atom stereocenters. The lowest BCUT2D eigenvalue weighted by atomic mass is 9.91. The Morgan fingerprint density at radius 3 is 1.59 bits per heavy atom. The number of carbonyl (C=O) groups excluding carboxylic acids is 1. The molecule has 44 heavy (non-hydrogen) atoms. The highest BCUT2D eigenvalue weighted by molar-refractivity contribution is 5.77. The van der Waals surface area contributed by atoms with Crippen LogP contribution in [0.1, 0.15) is 79.1 Å². The summed E-state index contributed by atoms with van der Waals surface area (Å²) in [5.74, 6) is 2.45. The highest BCUT2D eigenvalue weighted by Gasteiger charge is 2.39. The van der Waals surface area contributed by atoms with Crippen molar-refractivity contribution in [2.45, 2.75) is 84.7 Å². The minimum Gasteiger partial charge on any atom is -0.487 e. The van der Waals surface area contributed by atoms with Gasteiger partial charge >= 0.3 is 0 Å². The van der Waals surface area contributed by atoms with Crippen molar-refractivity contribution < 1.29 is 33.2 Å². The maximum absolute atomic E-state index is 13.7. The molecule has 1 aliphatic heterocycles. The van der Waals surface area contributed by atoms with Gasteiger partial charge < -0.3 is 33.3 Å². The van der Waals surface area contributed by atoms with Crippen LogP contribution in [-0.4, -0.2) is 75.7 Å². The highest BCUT2D eigenvalue weighted by atomic mass is 16.6. The van der Waals surface area contributed by atoms with Gasteiger partial charge in [0, 0.05) is 13.1 Å². The summed E-state index contributed by atoms with van der Waals surface area (Å²) in [5.41, 5.74) is -0.924. The largest absolute Gasteiger partial charge is 0.487 e. The number of rotatable bonds is 14. The van der Waals surface area contributed by atoms with E-state index in [1.54, 1.807) is 0 Å². The number of nitrogens with zero attached hydrogens (tertiary/aromatic N) is 1. The summed E-state index contributed by atoms with van der Waals surface area (Å²) in [4.78, 5) is 15.7. The van der Waals surface area contributed by atoms with Crippen molar-refractivity contribution in [3.05, 3.63) is 48.5 Å². The van der Waals surface area contributed by atoms with Gasteiger partial charge in [-0.05, 0) is 43.0 Å². The molecule has 0 N–H and O–H groups in total. The molecule has 1 amide bonds. The third-order valence-electron chi connectivity index (χ3n) is 8.06. The predicted molar refractivity (Wildman–Crippen MR) is 174 cm³/mol. The third kappa shape index (κ3) is 11.8. The van der Waals surface area contributed by atoms with E-state index in [2.05, 4.69) is 27.7 Å². The molecule has 0 aromatic heterocycles. The lowest BCUT2D eigenvalue weighted by Crippen LogP contribution is -2.51. The Labute approximate surface area is 265 Å². The Morgan fingerprint density at radius 2 is 1.16 bits per heavy atom. The lowest BCUT2D eigenvalue weighted by Gasteiger charge is -2.37. The standard InChI is InChI=1S/C36H55NO7/c1-5-7-9-15-21-37(22-16-10-8-6-2)35(38)27-44-36(30(3)4)28-42-33-19-13-11-17-31(33)40-25-23-39-24-26-41-32-18-12-14-20-34(32)43-29-36/h11-14,17-20,30H,5-10,15-16,21-29H2,1-4H3. The van der Waals surface area contributed by atoms with Crippen molar-refractivity contribution in [1.29, 1.82) is 0 Å². The molecule has 0 radical (unpaired) electrons. The number of para-hydroxylation sites is 4. The van der Waals surface area contributed by atoms with Crippen molar-refractivity contribution in [3.8, 4) is 23.0 Å². The normalized spacial score (nSPS) is 15.6. The summed E-state index contributed by atoms with van der Waals surface area (Å²) in [6, 6.07) is 15.2. The molecule has 246 valence electrons. The number of benzene rings is 2. The van der Waals surface area contributed by atoms with Gasteiger partial charge in [-0.15, -0.1) is 0 Å². The van der Waals surface area contributed by atoms with Gasteiger partial charge in [0.1, 0.15) is 38.6 Å². The van der Waals surface area contributed by atoms with E-state index < -0.39 is 5.60 Å². The molecule has 2 aromatic rings. The molecule has 2 aromatic carbocycles. The van der Waals surface area contributed by atoms with Gasteiger partial charge in [-0.1, -0.05) is 90.5 Å². The first-order valence-corrected chi connectivity index (χ1v) is 16.7. The summed E-state index contributed by atoms with van der Waals surface area (Å²) >= 11 is 0. The molecule has 0 spiro atoms. The van der Waals surface area contributed by atoms with Crippen molar-refractivity contribution >= 4 is 5.91 Å². The van der Waals surface area contributed by atoms with E-state index in [0.29, 0.717) is 49.4 Å². The fourth-order valence-electron chi connectivity index (χ4n) is 5.04. The Balaban J connectivity index is 1.83. The smallest absolute Gasteiger partial charge is 0.248 e. The van der Waals surface area contributed by atoms with Crippen LogP contribution in [0.5, 0.6) is 23.0 Å². The van der Waals surface area contributed by atoms with Crippen LogP contribution in [0, 0.1) is 5.92 Å². The molecule has 3 rings (SSSR count). The fourth-order valence-corrected chi connectivity index (χ4v) is 5.04. The van der Waals surface area contributed by atoms with Crippen LogP contribution in [0.2, 0.25) is 0 Å². The highest BCUT2D eigenvalue weighted by Crippen LogP contribution is 2.33. The monoisotopic (exact) mass is 613 g/mol. The van der Waals surface area contributed by atoms with E-state index in [0.717, 1.165) is 38.8 Å². The molecular weight excluding hydrogens is 558 g/mol. The number of hydrogen-bond donors (Lipinski definition) is 0. The van der Waals surface area contributed by atoms with Crippen LogP contribution in [0.15, 0.2) is 48.5 Å². The lowest BCUT2D eigenvalue weighted by molar-refractivity contribution is -0.157. The molecule has 0 saturated heterocycles. The average Bonchev–Trinajstić information content (AvgIpc) is 3.03. The summed E-state index contributed by atoms with van der Waals surface area (Å²) in [7, 11) is 0. The van der Waals surface area contributed by atoms with Gasteiger partial charge in [0.05, 0.1) is 13.2 Å². The van der Waals surface area contributed by atoms with E-state index in [4.69, 9.17) is 28.4 Å². The van der Waals surface area contributed by atoms with Crippen LogP contribution < -0.4 is 18.9 Å². The van der Waals surface area contributed by atoms with Crippen LogP contribution in [0.3, 0.4) is 0 Å².